The van der Waals surface area contributed by atoms with E-state index in [1.165, 1.54) is 0 Å². The van der Waals surface area contributed by atoms with E-state index < -0.39 is 5.97 Å². The van der Waals surface area contributed by atoms with Crippen molar-refractivity contribution in [3.8, 4) is 11.8 Å². The third-order valence-electron chi connectivity index (χ3n) is 1.90. The Kier molecular flexibility index (Phi) is 3.25. The molecule has 0 aliphatic rings. The summed E-state index contributed by atoms with van der Waals surface area (Å²) in [6.07, 6.45) is 0. The summed E-state index contributed by atoms with van der Waals surface area (Å²) < 4.78 is 5.02. The second kappa shape index (κ2) is 4.43. The van der Waals surface area contributed by atoms with Crippen molar-refractivity contribution in [2.24, 2.45) is 0 Å². The number of nitrogens with zero attached hydrogens (tertiary/aromatic N) is 1. The predicted molar refractivity (Wildman–Crippen MR) is 56.3 cm³/mol. The van der Waals surface area contributed by atoms with Crippen molar-refractivity contribution in [3.05, 3.63) is 41.5 Å². The Bertz CT molecular complexity index is 455. The van der Waals surface area contributed by atoms with Crippen LogP contribution in [-0.4, -0.2) is 5.97 Å². The van der Waals surface area contributed by atoms with E-state index in [2.05, 4.69) is 6.58 Å². The molecule has 3 heteroatoms. The van der Waals surface area contributed by atoms with E-state index in [1.54, 1.807) is 32.0 Å². The lowest BCUT2D eigenvalue weighted by molar-refractivity contribution is -0.130. The van der Waals surface area contributed by atoms with Gasteiger partial charge in [0.15, 0.2) is 0 Å². The minimum absolute atomic E-state index is 0.283. The second-order valence-corrected chi connectivity index (χ2v) is 3.23. The Hall–Kier alpha value is -2.08. The number of aryl methyl sites for hydroxylation is 1. The third-order valence-corrected chi connectivity index (χ3v) is 1.90. The zero-order chi connectivity index (χ0) is 11.4. The fourth-order valence-corrected chi connectivity index (χ4v) is 1.06. The van der Waals surface area contributed by atoms with Crippen molar-refractivity contribution < 1.29 is 9.53 Å². The normalized spacial score (nSPS) is 9.13. The van der Waals surface area contributed by atoms with Gasteiger partial charge in [0, 0.05) is 5.57 Å². The van der Waals surface area contributed by atoms with Gasteiger partial charge in [-0.25, -0.2) is 4.79 Å². The van der Waals surface area contributed by atoms with Crippen LogP contribution in [0.25, 0.3) is 0 Å². The van der Waals surface area contributed by atoms with Gasteiger partial charge in [-0.3, -0.25) is 0 Å². The van der Waals surface area contributed by atoms with E-state index in [4.69, 9.17) is 10.00 Å². The lowest BCUT2D eigenvalue weighted by Gasteiger charge is -2.06. The molecule has 0 heterocycles. The van der Waals surface area contributed by atoms with Crippen LogP contribution in [0.15, 0.2) is 30.4 Å². The van der Waals surface area contributed by atoms with E-state index in [1.807, 2.05) is 6.07 Å². The first-order chi connectivity index (χ1) is 7.06. The highest BCUT2D eigenvalue weighted by molar-refractivity contribution is 5.89. The Balaban J connectivity index is 3.06. The number of benzene rings is 1. The molecule has 1 aromatic rings. The van der Waals surface area contributed by atoms with E-state index in [9.17, 15) is 4.79 Å². The topological polar surface area (TPSA) is 50.1 Å². The molecule has 15 heavy (non-hydrogen) atoms. The Labute approximate surface area is 88.6 Å². The average molecular weight is 201 g/mol. The number of carbonyl (C=O) groups excluding carboxylic acids is 1. The molecule has 0 aliphatic carbocycles. The predicted octanol–water partition coefficient (Wildman–Crippen LogP) is 2.35. The molecule has 0 radical (unpaired) electrons. The molecular weight excluding hydrogens is 190 g/mol. The Morgan fingerprint density at radius 1 is 1.53 bits per heavy atom. The lowest BCUT2D eigenvalue weighted by Crippen LogP contribution is -2.09. The Morgan fingerprint density at radius 3 is 2.73 bits per heavy atom. The van der Waals surface area contributed by atoms with Gasteiger partial charge < -0.3 is 4.74 Å². The standard InChI is InChI=1S/C12H11NO2/c1-8(2)12(14)15-11-6-4-5-9(3)10(11)7-13/h4-6H,1H2,2-3H3. The molecule has 0 saturated carbocycles. The van der Waals surface area contributed by atoms with Gasteiger partial charge in [0.2, 0.25) is 0 Å². The zero-order valence-electron chi connectivity index (χ0n) is 8.70. The fraction of sp³-hybridized carbons (Fsp3) is 0.167. The van der Waals surface area contributed by atoms with Gasteiger partial charge in [-0.15, -0.1) is 0 Å². The molecule has 0 aliphatic heterocycles. The molecule has 0 N–H and O–H groups in total. The molecule has 76 valence electrons. The van der Waals surface area contributed by atoms with Crippen molar-refractivity contribution >= 4 is 5.97 Å². The van der Waals surface area contributed by atoms with Crippen LogP contribution in [0.5, 0.6) is 5.75 Å². The fourth-order valence-electron chi connectivity index (χ4n) is 1.06. The maximum absolute atomic E-state index is 11.3. The van der Waals surface area contributed by atoms with E-state index in [0.29, 0.717) is 11.1 Å². The van der Waals surface area contributed by atoms with E-state index in [-0.39, 0.29) is 5.75 Å². The maximum Gasteiger partial charge on any atom is 0.338 e. The molecule has 0 bridgehead atoms. The monoisotopic (exact) mass is 201 g/mol. The lowest BCUT2D eigenvalue weighted by atomic mass is 10.1. The number of ether oxygens (including phenoxy) is 1. The van der Waals surface area contributed by atoms with Gasteiger partial charge in [-0.2, -0.15) is 5.26 Å². The summed E-state index contributed by atoms with van der Waals surface area (Å²) >= 11 is 0. The Morgan fingerprint density at radius 2 is 2.20 bits per heavy atom. The van der Waals surface area contributed by atoms with Crippen LogP contribution in [0.2, 0.25) is 0 Å². The molecule has 0 spiro atoms. The van der Waals surface area contributed by atoms with Gasteiger partial charge in [0.1, 0.15) is 11.8 Å². The van der Waals surface area contributed by atoms with Crippen LogP contribution in [-0.2, 0) is 4.79 Å². The third kappa shape index (κ3) is 2.44. The van der Waals surface area contributed by atoms with E-state index in [0.717, 1.165) is 5.56 Å². The number of carbonyl (C=O) groups is 1. The van der Waals surface area contributed by atoms with Crippen LogP contribution in [0, 0.1) is 18.3 Å². The quantitative estimate of drug-likeness (QED) is 0.419. The molecule has 1 aromatic carbocycles. The van der Waals surface area contributed by atoms with Gasteiger partial charge in [0.25, 0.3) is 0 Å². The zero-order valence-corrected chi connectivity index (χ0v) is 8.70. The van der Waals surface area contributed by atoms with Gasteiger partial charge in [0.05, 0.1) is 5.56 Å². The summed E-state index contributed by atoms with van der Waals surface area (Å²) in [6, 6.07) is 7.11. The maximum atomic E-state index is 11.3. The summed E-state index contributed by atoms with van der Waals surface area (Å²) in [5.41, 5.74) is 1.47. The number of rotatable bonds is 2. The van der Waals surface area contributed by atoms with Crippen molar-refractivity contribution in [2.45, 2.75) is 13.8 Å². The molecule has 0 amide bonds. The van der Waals surface area contributed by atoms with Crippen LogP contribution in [0.4, 0.5) is 0 Å². The summed E-state index contributed by atoms with van der Waals surface area (Å²) in [6.45, 7) is 6.82. The van der Waals surface area contributed by atoms with Crippen LogP contribution in [0.3, 0.4) is 0 Å². The summed E-state index contributed by atoms with van der Waals surface area (Å²) in [4.78, 5) is 11.3. The number of hydrogen-bond acceptors (Lipinski definition) is 3. The smallest absolute Gasteiger partial charge is 0.338 e. The van der Waals surface area contributed by atoms with Crippen molar-refractivity contribution in [1.29, 1.82) is 5.26 Å². The second-order valence-electron chi connectivity index (χ2n) is 3.23. The molecule has 0 fully saturated rings. The number of nitriles is 1. The van der Waals surface area contributed by atoms with Crippen LogP contribution in [0.1, 0.15) is 18.1 Å². The minimum atomic E-state index is -0.517. The average Bonchev–Trinajstić information content (AvgIpc) is 2.18. The molecule has 0 aromatic heterocycles. The molecular formula is C12H11NO2. The first kappa shape index (κ1) is 11.0. The van der Waals surface area contributed by atoms with Crippen molar-refractivity contribution in [3.63, 3.8) is 0 Å². The van der Waals surface area contributed by atoms with Crippen molar-refractivity contribution in [2.75, 3.05) is 0 Å². The SMILES string of the molecule is C=C(C)C(=O)Oc1cccc(C)c1C#N. The molecule has 0 atom stereocenters. The van der Waals surface area contributed by atoms with E-state index >= 15 is 0 Å². The highest BCUT2D eigenvalue weighted by Gasteiger charge is 2.10. The first-order valence-corrected chi connectivity index (χ1v) is 4.43. The summed E-state index contributed by atoms with van der Waals surface area (Å²) in [5, 5.41) is 8.89. The molecule has 3 nitrogen and oxygen atoms in total. The summed E-state index contributed by atoms with van der Waals surface area (Å²) in [5.74, 6) is -0.234. The van der Waals surface area contributed by atoms with Crippen LogP contribution >= 0.6 is 0 Å². The summed E-state index contributed by atoms with van der Waals surface area (Å²) in [7, 11) is 0. The highest BCUT2D eigenvalue weighted by atomic mass is 16.5. The number of hydrogen-bond donors (Lipinski definition) is 0. The molecule has 1 rings (SSSR count). The largest absolute Gasteiger partial charge is 0.422 e. The van der Waals surface area contributed by atoms with Crippen LogP contribution < -0.4 is 4.74 Å². The number of esters is 1. The van der Waals surface area contributed by atoms with Gasteiger partial charge in [-0.1, -0.05) is 18.7 Å². The highest BCUT2D eigenvalue weighted by Crippen LogP contribution is 2.21. The van der Waals surface area contributed by atoms with Gasteiger partial charge >= 0.3 is 5.97 Å². The first-order valence-electron chi connectivity index (χ1n) is 4.43. The van der Waals surface area contributed by atoms with Crippen molar-refractivity contribution in [1.82, 2.24) is 0 Å². The molecule has 0 unspecified atom stereocenters. The molecule has 0 saturated heterocycles. The minimum Gasteiger partial charge on any atom is -0.422 e. The van der Waals surface area contributed by atoms with Gasteiger partial charge in [-0.05, 0) is 25.5 Å².